The van der Waals surface area contributed by atoms with Gasteiger partial charge in [-0.15, -0.1) is 21.5 Å². The second kappa shape index (κ2) is 8.11. The number of thioether (sulfide) groups is 1. The van der Waals surface area contributed by atoms with E-state index in [0.717, 1.165) is 23.0 Å². The molecule has 3 heterocycles. The summed E-state index contributed by atoms with van der Waals surface area (Å²) >= 11 is 2.55. The molecular weight excluding hydrogens is 382 g/mol. The molecule has 3 aromatic heterocycles. The maximum Gasteiger partial charge on any atom is 0.277 e. The Bertz CT molecular complexity index is 1030. The quantitative estimate of drug-likeness (QED) is 0.493. The van der Waals surface area contributed by atoms with Crippen molar-refractivity contribution in [2.75, 3.05) is 11.1 Å². The van der Waals surface area contributed by atoms with Crippen LogP contribution < -0.4 is 5.32 Å². The van der Waals surface area contributed by atoms with Crippen molar-refractivity contribution in [3.63, 3.8) is 0 Å². The summed E-state index contributed by atoms with van der Waals surface area (Å²) in [6.07, 6.45) is 1.65. The van der Waals surface area contributed by atoms with Crippen molar-refractivity contribution < 1.29 is 9.21 Å². The first-order chi connectivity index (χ1) is 13.3. The van der Waals surface area contributed by atoms with Gasteiger partial charge in [0.25, 0.3) is 11.1 Å². The van der Waals surface area contributed by atoms with Gasteiger partial charge in [-0.1, -0.05) is 48.2 Å². The summed E-state index contributed by atoms with van der Waals surface area (Å²) in [7, 11) is 0. The molecule has 0 atom stereocenters. The predicted octanol–water partition coefficient (Wildman–Crippen LogP) is 3.99. The number of hydrogen-bond donors (Lipinski definition) is 1. The molecule has 0 unspecified atom stereocenters. The summed E-state index contributed by atoms with van der Waals surface area (Å²) in [5.74, 6) is 0.280. The van der Waals surface area contributed by atoms with Crippen LogP contribution in [0.1, 0.15) is 0 Å². The van der Waals surface area contributed by atoms with Gasteiger partial charge in [0.1, 0.15) is 5.69 Å². The highest BCUT2D eigenvalue weighted by Crippen LogP contribution is 2.25. The molecule has 0 aliphatic carbocycles. The molecule has 4 rings (SSSR count). The number of benzene rings is 1. The molecule has 0 bridgehead atoms. The third-order valence-electron chi connectivity index (χ3n) is 3.44. The number of anilines is 1. The number of carbonyl (C=O) groups is 1. The van der Waals surface area contributed by atoms with E-state index in [4.69, 9.17) is 4.42 Å². The molecule has 0 fully saturated rings. The summed E-state index contributed by atoms with van der Waals surface area (Å²) in [5, 5.41) is 13.4. The van der Waals surface area contributed by atoms with Crippen LogP contribution in [0, 0.1) is 0 Å². The summed E-state index contributed by atoms with van der Waals surface area (Å²) in [4.78, 5) is 20.7. The minimum Gasteiger partial charge on any atom is -0.410 e. The third-order valence-corrected chi connectivity index (χ3v) is 5.01. The average Bonchev–Trinajstić information content (AvgIpc) is 3.37. The van der Waals surface area contributed by atoms with E-state index in [2.05, 4.69) is 25.5 Å². The van der Waals surface area contributed by atoms with Crippen LogP contribution in [0.15, 0.2) is 69.7 Å². The molecule has 9 heteroatoms. The fourth-order valence-corrected chi connectivity index (χ4v) is 3.52. The number of hydrogen-bond acceptors (Lipinski definition) is 8. The van der Waals surface area contributed by atoms with Gasteiger partial charge in [-0.3, -0.25) is 9.78 Å². The van der Waals surface area contributed by atoms with Crippen molar-refractivity contribution >= 4 is 34.1 Å². The van der Waals surface area contributed by atoms with Crippen molar-refractivity contribution in [1.82, 2.24) is 20.2 Å². The van der Waals surface area contributed by atoms with E-state index >= 15 is 0 Å². The molecule has 7 nitrogen and oxygen atoms in total. The second-order valence-corrected chi connectivity index (χ2v) is 7.11. The van der Waals surface area contributed by atoms with Gasteiger partial charge in [-0.05, 0) is 12.1 Å². The highest BCUT2D eigenvalue weighted by atomic mass is 32.2. The van der Waals surface area contributed by atoms with Crippen LogP contribution in [-0.4, -0.2) is 31.8 Å². The van der Waals surface area contributed by atoms with Crippen LogP contribution in [0.2, 0.25) is 0 Å². The molecule has 0 radical (unpaired) electrons. The van der Waals surface area contributed by atoms with Crippen molar-refractivity contribution in [2.24, 2.45) is 0 Å². The van der Waals surface area contributed by atoms with Crippen molar-refractivity contribution in [1.29, 1.82) is 0 Å². The molecule has 0 saturated carbocycles. The molecular formula is C18H13N5O2S2. The van der Waals surface area contributed by atoms with E-state index in [1.807, 2.05) is 47.8 Å². The Balaban J connectivity index is 1.33. The minimum absolute atomic E-state index is 0.143. The van der Waals surface area contributed by atoms with Gasteiger partial charge < -0.3 is 9.73 Å². The summed E-state index contributed by atoms with van der Waals surface area (Å²) in [6, 6.07) is 15.2. The number of nitrogens with one attached hydrogen (secondary N) is 1. The first kappa shape index (κ1) is 17.4. The van der Waals surface area contributed by atoms with Crippen LogP contribution in [0.4, 0.5) is 5.13 Å². The zero-order valence-corrected chi connectivity index (χ0v) is 15.5. The largest absolute Gasteiger partial charge is 0.410 e. The number of carbonyl (C=O) groups excluding carboxylic acids is 1. The Kier molecular flexibility index (Phi) is 5.22. The van der Waals surface area contributed by atoms with Crippen LogP contribution in [0.25, 0.3) is 22.8 Å². The lowest BCUT2D eigenvalue weighted by atomic mass is 10.2. The van der Waals surface area contributed by atoms with Gasteiger partial charge in [-0.25, -0.2) is 4.98 Å². The van der Waals surface area contributed by atoms with E-state index in [0.29, 0.717) is 21.9 Å². The zero-order chi connectivity index (χ0) is 18.5. The topological polar surface area (TPSA) is 93.8 Å². The normalized spacial score (nSPS) is 10.7. The predicted molar refractivity (Wildman–Crippen MR) is 104 cm³/mol. The standard InChI is InChI=1S/C18H13N5O2S2/c24-15(21-17-20-14(10-26-17)12-6-2-1-3-7-12)11-27-18-23-22-16(25-18)13-8-4-5-9-19-13/h1-10H,11H2,(H,20,21,24). The van der Waals surface area contributed by atoms with Crippen LogP contribution >= 0.6 is 23.1 Å². The van der Waals surface area contributed by atoms with E-state index in [9.17, 15) is 4.79 Å². The lowest BCUT2D eigenvalue weighted by Crippen LogP contribution is -2.13. The second-order valence-electron chi connectivity index (χ2n) is 5.33. The Morgan fingerprint density at radius 3 is 2.74 bits per heavy atom. The average molecular weight is 395 g/mol. The van der Waals surface area contributed by atoms with Crippen molar-refractivity contribution in [3.05, 3.63) is 60.1 Å². The Labute approximate surface area is 162 Å². The van der Waals surface area contributed by atoms with Gasteiger partial charge in [0.2, 0.25) is 5.91 Å². The summed E-state index contributed by atoms with van der Waals surface area (Å²) in [6.45, 7) is 0. The highest BCUT2D eigenvalue weighted by Gasteiger charge is 2.13. The summed E-state index contributed by atoms with van der Waals surface area (Å²) in [5.41, 5.74) is 2.44. The fourth-order valence-electron chi connectivity index (χ4n) is 2.22. The number of pyridine rings is 1. The molecule has 0 saturated heterocycles. The Morgan fingerprint density at radius 2 is 1.93 bits per heavy atom. The van der Waals surface area contributed by atoms with Crippen molar-refractivity contribution in [2.45, 2.75) is 5.22 Å². The minimum atomic E-state index is -0.188. The van der Waals surface area contributed by atoms with E-state index < -0.39 is 0 Å². The number of nitrogens with zero attached hydrogens (tertiary/aromatic N) is 4. The Hall–Kier alpha value is -3.04. The van der Waals surface area contributed by atoms with Crippen LogP contribution in [0.5, 0.6) is 0 Å². The van der Waals surface area contributed by atoms with Crippen molar-refractivity contribution in [3.8, 4) is 22.8 Å². The van der Waals surface area contributed by atoms with Crippen LogP contribution in [0.3, 0.4) is 0 Å². The van der Waals surface area contributed by atoms with Gasteiger partial charge in [-0.2, -0.15) is 0 Å². The molecule has 1 N–H and O–H groups in total. The number of amides is 1. The monoisotopic (exact) mass is 395 g/mol. The smallest absolute Gasteiger partial charge is 0.277 e. The van der Waals surface area contributed by atoms with Gasteiger partial charge >= 0.3 is 0 Å². The third kappa shape index (κ3) is 4.39. The number of aromatic nitrogens is 4. The van der Waals surface area contributed by atoms with Gasteiger partial charge in [0.05, 0.1) is 11.4 Å². The molecule has 0 spiro atoms. The van der Waals surface area contributed by atoms with E-state index in [1.165, 1.54) is 11.3 Å². The van der Waals surface area contributed by atoms with E-state index in [1.54, 1.807) is 12.3 Å². The molecule has 1 amide bonds. The lowest BCUT2D eigenvalue weighted by molar-refractivity contribution is -0.113. The fraction of sp³-hybridized carbons (Fsp3) is 0.0556. The maximum absolute atomic E-state index is 12.1. The molecule has 0 aliphatic rings. The molecule has 1 aromatic carbocycles. The first-order valence-corrected chi connectivity index (χ1v) is 9.83. The first-order valence-electron chi connectivity index (χ1n) is 7.96. The molecule has 4 aromatic rings. The molecule has 0 aliphatic heterocycles. The van der Waals surface area contributed by atoms with Gasteiger partial charge in [0.15, 0.2) is 5.13 Å². The summed E-state index contributed by atoms with van der Waals surface area (Å²) < 4.78 is 5.52. The maximum atomic E-state index is 12.1. The lowest BCUT2D eigenvalue weighted by Gasteiger charge is -1.99. The SMILES string of the molecule is O=C(CSc1nnc(-c2ccccn2)o1)Nc1nc(-c2ccccc2)cs1. The van der Waals surface area contributed by atoms with Crippen LogP contribution in [-0.2, 0) is 4.79 Å². The molecule has 134 valence electrons. The number of rotatable bonds is 6. The number of thiazole rings is 1. The van der Waals surface area contributed by atoms with Gasteiger partial charge in [0, 0.05) is 17.1 Å². The zero-order valence-electron chi connectivity index (χ0n) is 13.9. The van der Waals surface area contributed by atoms with E-state index in [-0.39, 0.29) is 11.7 Å². The molecule has 27 heavy (non-hydrogen) atoms. The Morgan fingerprint density at radius 1 is 1.07 bits per heavy atom. The highest BCUT2D eigenvalue weighted by molar-refractivity contribution is 7.99.